The Labute approximate surface area is 97.0 Å². The number of aryl methyl sites for hydroxylation is 1. The number of anilines is 1. The maximum Gasteiger partial charge on any atom is 0.146 e. The van der Waals surface area contributed by atoms with Gasteiger partial charge in [0, 0.05) is 18.3 Å². The molecule has 84 valence electrons. The van der Waals surface area contributed by atoms with Crippen LogP contribution < -0.4 is 5.32 Å². The Balaban J connectivity index is 2.07. The van der Waals surface area contributed by atoms with E-state index in [1.165, 1.54) is 18.2 Å². The molecule has 0 aliphatic rings. The van der Waals surface area contributed by atoms with E-state index in [9.17, 15) is 4.39 Å². The van der Waals surface area contributed by atoms with Crippen molar-refractivity contribution in [1.29, 1.82) is 0 Å². The van der Waals surface area contributed by atoms with Crippen molar-refractivity contribution in [2.24, 2.45) is 7.05 Å². The van der Waals surface area contributed by atoms with Crippen molar-refractivity contribution in [3.63, 3.8) is 0 Å². The Morgan fingerprint density at radius 1 is 1.50 bits per heavy atom. The number of hydrogen-bond acceptors (Lipinski definition) is 3. The van der Waals surface area contributed by atoms with Crippen LogP contribution in [0.15, 0.2) is 24.4 Å². The van der Waals surface area contributed by atoms with Gasteiger partial charge in [0.05, 0.1) is 12.2 Å². The summed E-state index contributed by atoms with van der Waals surface area (Å²) < 4.78 is 14.9. The number of aromatic nitrogens is 3. The molecule has 0 saturated carbocycles. The lowest BCUT2D eigenvalue weighted by Gasteiger charge is -2.05. The second-order valence-corrected chi connectivity index (χ2v) is 3.80. The summed E-state index contributed by atoms with van der Waals surface area (Å²) in [5.41, 5.74) is 1.10. The number of benzene rings is 1. The molecular weight excluding hydrogens is 231 g/mol. The molecule has 1 aromatic carbocycles. The van der Waals surface area contributed by atoms with Crippen molar-refractivity contribution in [3.8, 4) is 0 Å². The lowest BCUT2D eigenvalue weighted by atomic mass is 10.3. The summed E-state index contributed by atoms with van der Waals surface area (Å²) in [6, 6.07) is 4.36. The number of nitrogens with one attached hydrogen (secondary N) is 1. The van der Waals surface area contributed by atoms with Crippen LogP contribution in [0.4, 0.5) is 10.1 Å². The van der Waals surface area contributed by atoms with Crippen LogP contribution in [0.3, 0.4) is 0 Å². The summed E-state index contributed by atoms with van der Waals surface area (Å²) in [5, 5.41) is 11.1. The molecule has 2 aromatic rings. The second kappa shape index (κ2) is 4.49. The number of halogens is 2. The van der Waals surface area contributed by atoms with E-state index in [1.54, 1.807) is 17.9 Å². The molecule has 16 heavy (non-hydrogen) atoms. The topological polar surface area (TPSA) is 42.7 Å². The second-order valence-electron chi connectivity index (χ2n) is 3.36. The standard InChI is InChI=1S/C10H10ClFN4/c1-16-6-8(14-15-16)5-13-10-4-7(11)2-3-9(10)12/h2-4,6,13H,5H2,1H3. The first-order chi connectivity index (χ1) is 7.65. The predicted octanol–water partition coefficient (Wildman–Crippen LogP) is 2.22. The average Bonchev–Trinajstić information content (AvgIpc) is 2.66. The minimum absolute atomic E-state index is 0.340. The average molecular weight is 241 g/mol. The van der Waals surface area contributed by atoms with Crippen LogP contribution in [0.2, 0.25) is 5.02 Å². The molecule has 4 nitrogen and oxygen atoms in total. The van der Waals surface area contributed by atoms with Gasteiger partial charge >= 0.3 is 0 Å². The zero-order valence-corrected chi connectivity index (χ0v) is 9.37. The van der Waals surface area contributed by atoms with Gasteiger partial charge < -0.3 is 5.32 Å². The van der Waals surface area contributed by atoms with Gasteiger partial charge in [-0.2, -0.15) is 0 Å². The fraction of sp³-hybridized carbons (Fsp3) is 0.200. The van der Waals surface area contributed by atoms with Crippen molar-refractivity contribution in [2.45, 2.75) is 6.54 Å². The highest BCUT2D eigenvalue weighted by atomic mass is 35.5. The lowest BCUT2D eigenvalue weighted by Crippen LogP contribution is -2.01. The monoisotopic (exact) mass is 240 g/mol. The van der Waals surface area contributed by atoms with Gasteiger partial charge in [0.2, 0.25) is 0 Å². The normalized spacial score (nSPS) is 10.4. The third-order valence-electron chi connectivity index (χ3n) is 2.04. The number of rotatable bonds is 3. The summed E-state index contributed by atoms with van der Waals surface area (Å²) in [7, 11) is 1.77. The van der Waals surface area contributed by atoms with E-state index in [1.807, 2.05) is 0 Å². The highest BCUT2D eigenvalue weighted by Gasteiger charge is 2.03. The first-order valence-electron chi connectivity index (χ1n) is 4.69. The van der Waals surface area contributed by atoms with Crippen LogP contribution in [0, 0.1) is 5.82 Å². The van der Waals surface area contributed by atoms with Crippen LogP contribution in [0.1, 0.15) is 5.69 Å². The van der Waals surface area contributed by atoms with E-state index < -0.39 is 0 Å². The molecule has 0 unspecified atom stereocenters. The fourth-order valence-electron chi connectivity index (χ4n) is 1.30. The number of nitrogens with zero attached hydrogens (tertiary/aromatic N) is 3. The smallest absolute Gasteiger partial charge is 0.146 e. The van der Waals surface area contributed by atoms with Crippen LogP contribution in [-0.4, -0.2) is 15.0 Å². The first-order valence-corrected chi connectivity index (χ1v) is 5.07. The highest BCUT2D eigenvalue weighted by Crippen LogP contribution is 2.19. The predicted molar refractivity (Wildman–Crippen MR) is 59.7 cm³/mol. The Hall–Kier alpha value is -1.62. The minimum Gasteiger partial charge on any atom is -0.377 e. The summed E-state index contributed by atoms with van der Waals surface area (Å²) in [6.07, 6.45) is 1.76. The Morgan fingerprint density at radius 2 is 2.31 bits per heavy atom. The molecule has 2 rings (SSSR count). The Morgan fingerprint density at radius 3 is 3.00 bits per heavy atom. The SMILES string of the molecule is Cn1cc(CNc2cc(Cl)ccc2F)nn1. The van der Waals surface area contributed by atoms with Crippen LogP contribution in [0.5, 0.6) is 0 Å². The third-order valence-corrected chi connectivity index (χ3v) is 2.27. The lowest BCUT2D eigenvalue weighted by molar-refractivity contribution is 0.630. The third kappa shape index (κ3) is 2.49. The van der Waals surface area contributed by atoms with Crippen molar-refractivity contribution < 1.29 is 4.39 Å². The molecule has 0 spiro atoms. The van der Waals surface area contributed by atoms with Crippen LogP contribution in [0.25, 0.3) is 0 Å². The maximum absolute atomic E-state index is 13.3. The van der Waals surface area contributed by atoms with Crippen molar-refractivity contribution in [3.05, 3.63) is 40.9 Å². The zero-order valence-electron chi connectivity index (χ0n) is 8.61. The number of hydrogen-bond donors (Lipinski definition) is 1. The molecular formula is C10H10ClFN4. The molecule has 0 saturated heterocycles. The molecule has 0 bridgehead atoms. The molecule has 0 fully saturated rings. The highest BCUT2D eigenvalue weighted by molar-refractivity contribution is 6.30. The van der Waals surface area contributed by atoms with Gasteiger partial charge in [0.25, 0.3) is 0 Å². The summed E-state index contributed by atoms with van der Waals surface area (Å²) in [4.78, 5) is 0. The van der Waals surface area contributed by atoms with E-state index in [-0.39, 0.29) is 5.82 Å². The molecule has 1 aromatic heterocycles. The Bertz CT molecular complexity index is 497. The van der Waals surface area contributed by atoms with Gasteiger partial charge in [-0.25, -0.2) is 4.39 Å². The quantitative estimate of drug-likeness (QED) is 0.895. The molecule has 1 heterocycles. The van der Waals surface area contributed by atoms with E-state index in [0.29, 0.717) is 17.3 Å². The van der Waals surface area contributed by atoms with E-state index in [4.69, 9.17) is 11.6 Å². The largest absolute Gasteiger partial charge is 0.377 e. The summed E-state index contributed by atoms with van der Waals surface area (Å²) in [5.74, 6) is -0.340. The Kier molecular flexibility index (Phi) is 3.05. The van der Waals surface area contributed by atoms with Crippen molar-refractivity contribution in [2.75, 3.05) is 5.32 Å². The molecule has 0 aliphatic carbocycles. The van der Waals surface area contributed by atoms with Gasteiger partial charge in [0.15, 0.2) is 0 Å². The van der Waals surface area contributed by atoms with Gasteiger partial charge in [-0.1, -0.05) is 16.8 Å². The fourth-order valence-corrected chi connectivity index (χ4v) is 1.47. The van der Waals surface area contributed by atoms with E-state index in [0.717, 1.165) is 5.69 Å². The van der Waals surface area contributed by atoms with Crippen molar-refractivity contribution in [1.82, 2.24) is 15.0 Å². The molecule has 0 radical (unpaired) electrons. The summed E-state index contributed by atoms with van der Waals surface area (Å²) >= 11 is 5.76. The van der Waals surface area contributed by atoms with Crippen LogP contribution in [-0.2, 0) is 13.6 Å². The molecule has 0 aliphatic heterocycles. The first kappa shape index (κ1) is 10.9. The minimum atomic E-state index is -0.340. The van der Waals surface area contributed by atoms with E-state index >= 15 is 0 Å². The van der Waals surface area contributed by atoms with E-state index in [2.05, 4.69) is 15.6 Å². The van der Waals surface area contributed by atoms with Gasteiger partial charge in [-0.05, 0) is 18.2 Å². The zero-order chi connectivity index (χ0) is 11.5. The summed E-state index contributed by atoms with van der Waals surface area (Å²) in [6.45, 7) is 0.408. The van der Waals surface area contributed by atoms with Gasteiger partial charge in [0.1, 0.15) is 11.5 Å². The van der Waals surface area contributed by atoms with Gasteiger partial charge in [-0.15, -0.1) is 5.10 Å². The maximum atomic E-state index is 13.3. The molecule has 0 atom stereocenters. The van der Waals surface area contributed by atoms with Crippen molar-refractivity contribution >= 4 is 17.3 Å². The van der Waals surface area contributed by atoms with Gasteiger partial charge in [-0.3, -0.25) is 4.68 Å². The molecule has 6 heteroatoms. The molecule has 1 N–H and O–H groups in total. The molecule has 0 amide bonds. The van der Waals surface area contributed by atoms with Crippen LogP contribution >= 0.6 is 11.6 Å².